The molecule has 0 bridgehead atoms. The molecule has 37 heavy (non-hydrogen) atoms. The molecule has 0 aliphatic rings. The molecule has 0 unspecified atom stereocenters. The smallest absolute Gasteiger partial charge is 0.407 e. The Hall–Kier alpha value is -3.17. The molecule has 0 aliphatic heterocycles. The number of nitrogens with one attached hydrogen (secondary N) is 1. The molecule has 1 atom stereocenters. The number of amides is 3. The maximum atomic E-state index is 13.7. The lowest BCUT2D eigenvalue weighted by Crippen LogP contribution is -2.48. The maximum absolute atomic E-state index is 13.7. The van der Waals surface area contributed by atoms with Crippen LogP contribution in [0.25, 0.3) is 0 Å². The first kappa shape index (κ1) is 28.4. The number of carboxylic acid groups (broad SMARTS) is 1. The van der Waals surface area contributed by atoms with Crippen LogP contribution in [0.5, 0.6) is 0 Å². The molecule has 2 aromatic heterocycles. The number of thiophene rings is 2. The SMILES string of the molecule is CCCC(=O)N[C@@H](CCCCN(Cc1ccccc1)C(=O)O)C(=O)N(Cc1cccs1)Cc1cccs1. The molecule has 7 nitrogen and oxygen atoms in total. The zero-order valence-corrected chi connectivity index (χ0v) is 22.8. The van der Waals surface area contributed by atoms with Crippen molar-refractivity contribution in [3.05, 3.63) is 80.7 Å². The van der Waals surface area contributed by atoms with Crippen LogP contribution in [-0.4, -0.2) is 45.4 Å². The topological polar surface area (TPSA) is 90.0 Å². The molecular weight excluding hydrogens is 506 g/mol. The van der Waals surface area contributed by atoms with Crippen molar-refractivity contribution in [3.8, 4) is 0 Å². The second-order valence-electron chi connectivity index (χ2n) is 8.91. The standard InChI is InChI=1S/C28H35N3O4S2/c1-2-10-26(32)29-25(15-6-7-16-30(28(34)35)19-22-11-4-3-5-12-22)27(33)31(20-23-13-8-17-36-23)21-24-14-9-18-37-24/h3-5,8-9,11-14,17-18,25H,2,6-7,10,15-16,19-21H2,1H3,(H,29,32)(H,34,35)/t25-/m0/s1. The summed E-state index contributed by atoms with van der Waals surface area (Å²) in [7, 11) is 0. The van der Waals surface area contributed by atoms with Crippen LogP contribution in [0, 0.1) is 0 Å². The molecule has 3 amide bonds. The Kier molecular flexibility index (Phi) is 11.6. The molecular formula is C28H35N3O4S2. The Bertz CT molecular complexity index is 1050. The molecule has 0 saturated heterocycles. The summed E-state index contributed by atoms with van der Waals surface area (Å²) in [4.78, 5) is 43.3. The lowest BCUT2D eigenvalue weighted by atomic mass is 10.1. The number of hydrogen-bond acceptors (Lipinski definition) is 5. The summed E-state index contributed by atoms with van der Waals surface area (Å²) >= 11 is 3.21. The van der Waals surface area contributed by atoms with Gasteiger partial charge in [0.1, 0.15) is 6.04 Å². The lowest BCUT2D eigenvalue weighted by molar-refractivity contribution is -0.137. The van der Waals surface area contributed by atoms with Crippen LogP contribution in [0.15, 0.2) is 65.4 Å². The second kappa shape index (κ2) is 15.2. The van der Waals surface area contributed by atoms with Gasteiger partial charge in [-0.3, -0.25) is 9.59 Å². The summed E-state index contributed by atoms with van der Waals surface area (Å²) in [6.45, 7) is 3.59. The minimum absolute atomic E-state index is 0.106. The highest BCUT2D eigenvalue weighted by atomic mass is 32.1. The average molecular weight is 542 g/mol. The largest absolute Gasteiger partial charge is 0.465 e. The van der Waals surface area contributed by atoms with E-state index in [1.54, 1.807) is 22.7 Å². The van der Waals surface area contributed by atoms with Gasteiger partial charge in [0.2, 0.25) is 11.8 Å². The Labute approximate surface area is 226 Å². The van der Waals surface area contributed by atoms with Gasteiger partial charge >= 0.3 is 6.09 Å². The second-order valence-corrected chi connectivity index (χ2v) is 11.0. The molecule has 1 aromatic carbocycles. The van der Waals surface area contributed by atoms with Gasteiger partial charge in [-0.05, 0) is 54.1 Å². The van der Waals surface area contributed by atoms with Gasteiger partial charge in [-0.2, -0.15) is 0 Å². The van der Waals surface area contributed by atoms with Gasteiger partial charge in [0.15, 0.2) is 0 Å². The zero-order valence-electron chi connectivity index (χ0n) is 21.2. The molecule has 3 aromatic rings. The van der Waals surface area contributed by atoms with Gasteiger partial charge < -0.3 is 20.2 Å². The number of hydrogen-bond donors (Lipinski definition) is 2. The van der Waals surface area contributed by atoms with Crippen LogP contribution in [0.1, 0.15) is 54.3 Å². The molecule has 0 saturated carbocycles. The maximum Gasteiger partial charge on any atom is 0.407 e. The molecule has 2 heterocycles. The van der Waals surface area contributed by atoms with E-state index in [1.165, 1.54) is 4.90 Å². The van der Waals surface area contributed by atoms with Crippen molar-refractivity contribution >= 4 is 40.6 Å². The Balaban J connectivity index is 1.64. The average Bonchev–Trinajstić information content (AvgIpc) is 3.59. The molecule has 9 heteroatoms. The van der Waals surface area contributed by atoms with Crippen molar-refractivity contribution in [2.45, 2.75) is 64.7 Å². The molecule has 0 radical (unpaired) electrons. The Morgan fingerprint density at radius 1 is 0.865 bits per heavy atom. The predicted octanol–water partition coefficient (Wildman–Crippen LogP) is 5.97. The minimum Gasteiger partial charge on any atom is -0.465 e. The van der Waals surface area contributed by atoms with Crippen LogP contribution in [0.3, 0.4) is 0 Å². The van der Waals surface area contributed by atoms with E-state index in [1.807, 2.05) is 77.2 Å². The summed E-state index contributed by atoms with van der Waals surface area (Å²) < 4.78 is 0. The first-order valence-electron chi connectivity index (χ1n) is 12.6. The zero-order chi connectivity index (χ0) is 26.5. The Morgan fingerprint density at radius 3 is 2.05 bits per heavy atom. The number of unbranched alkanes of at least 4 members (excludes halogenated alkanes) is 1. The van der Waals surface area contributed by atoms with Crippen molar-refractivity contribution < 1.29 is 19.5 Å². The molecule has 198 valence electrons. The number of carbonyl (C=O) groups excluding carboxylic acids is 2. The van der Waals surface area contributed by atoms with E-state index in [2.05, 4.69) is 5.32 Å². The number of rotatable bonds is 15. The van der Waals surface area contributed by atoms with Gasteiger partial charge in [-0.15, -0.1) is 22.7 Å². The first-order chi connectivity index (χ1) is 18.0. The summed E-state index contributed by atoms with van der Waals surface area (Å²) in [6, 6.07) is 16.8. The van der Waals surface area contributed by atoms with E-state index in [0.717, 1.165) is 15.3 Å². The first-order valence-corrected chi connectivity index (χ1v) is 14.4. The van der Waals surface area contributed by atoms with E-state index in [0.29, 0.717) is 58.3 Å². The molecule has 0 aliphatic carbocycles. The lowest BCUT2D eigenvalue weighted by Gasteiger charge is -2.28. The third-order valence-corrected chi connectivity index (χ3v) is 7.66. The Morgan fingerprint density at radius 2 is 1.51 bits per heavy atom. The van der Waals surface area contributed by atoms with Crippen molar-refractivity contribution in [1.29, 1.82) is 0 Å². The van der Waals surface area contributed by atoms with Crippen molar-refractivity contribution in [2.75, 3.05) is 6.54 Å². The van der Waals surface area contributed by atoms with Crippen molar-refractivity contribution in [2.24, 2.45) is 0 Å². The number of nitrogens with zero attached hydrogens (tertiary/aromatic N) is 2. The third kappa shape index (κ3) is 9.66. The monoisotopic (exact) mass is 541 g/mol. The van der Waals surface area contributed by atoms with Gasteiger partial charge in [0, 0.05) is 29.3 Å². The van der Waals surface area contributed by atoms with Crippen LogP contribution in [0.2, 0.25) is 0 Å². The van der Waals surface area contributed by atoms with Crippen molar-refractivity contribution in [3.63, 3.8) is 0 Å². The van der Waals surface area contributed by atoms with Gasteiger partial charge in [0.25, 0.3) is 0 Å². The van der Waals surface area contributed by atoms with E-state index in [-0.39, 0.29) is 11.8 Å². The van der Waals surface area contributed by atoms with Gasteiger partial charge in [0.05, 0.1) is 13.1 Å². The van der Waals surface area contributed by atoms with Crippen LogP contribution in [-0.2, 0) is 29.2 Å². The normalized spacial score (nSPS) is 11.6. The van der Waals surface area contributed by atoms with Crippen molar-refractivity contribution in [1.82, 2.24) is 15.1 Å². The molecule has 3 rings (SSSR count). The molecule has 2 N–H and O–H groups in total. The molecule has 0 fully saturated rings. The molecule has 0 spiro atoms. The van der Waals surface area contributed by atoms with Gasteiger partial charge in [-0.25, -0.2) is 4.79 Å². The van der Waals surface area contributed by atoms with E-state index in [9.17, 15) is 19.5 Å². The summed E-state index contributed by atoms with van der Waals surface area (Å²) in [5.74, 6) is -0.241. The highest BCUT2D eigenvalue weighted by Crippen LogP contribution is 2.19. The van der Waals surface area contributed by atoms with E-state index >= 15 is 0 Å². The van der Waals surface area contributed by atoms with E-state index < -0.39 is 12.1 Å². The van der Waals surface area contributed by atoms with Crippen LogP contribution >= 0.6 is 22.7 Å². The van der Waals surface area contributed by atoms with Crippen LogP contribution < -0.4 is 5.32 Å². The predicted molar refractivity (Wildman–Crippen MR) is 148 cm³/mol. The fourth-order valence-corrected chi connectivity index (χ4v) is 5.50. The minimum atomic E-state index is -0.967. The highest BCUT2D eigenvalue weighted by Gasteiger charge is 2.26. The fourth-order valence-electron chi connectivity index (χ4n) is 4.06. The van der Waals surface area contributed by atoms with E-state index in [4.69, 9.17) is 0 Å². The fraction of sp³-hybridized carbons (Fsp3) is 0.393. The van der Waals surface area contributed by atoms with Gasteiger partial charge in [-0.1, -0.05) is 49.4 Å². The highest BCUT2D eigenvalue weighted by molar-refractivity contribution is 7.10. The van der Waals surface area contributed by atoms with Crippen LogP contribution in [0.4, 0.5) is 4.79 Å². The third-order valence-electron chi connectivity index (χ3n) is 5.93. The number of benzene rings is 1. The quantitative estimate of drug-likeness (QED) is 0.232. The number of carbonyl (C=O) groups is 3. The summed E-state index contributed by atoms with van der Waals surface area (Å²) in [5.41, 5.74) is 0.933. The summed E-state index contributed by atoms with van der Waals surface area (Å²) in [6.07, 6.45) is 1.77. The summed E-state index contributed by atoms with van der Waals surface area (Å²) in [5, 5.41) is 16.6.